The number of piperidine rings is 1. The summed E-state index contributed by atoms with van der Waals surface area (Å²) in [6.07, 6.45) is 4.79. The van der Waals surface area contributed by atoms with Crippen LogP contribution in [0.2, 0.25) is 0 Å². The minimum atomic E-state index is -3.34. The van der Waals surface area contributed by atoms with Crippen LogP contribution in [0.4, 0.5) is 0 Å². The smallest absolute Gasteiger partial charge is 0.183 e. The molecule has 1 fully saturated rings. The van der Waals surface area contributed by atoms with Crippen molar-refractivity contribution in [3.05, 3.63) is 66.2 Å². The van der Waals surface area contributed by atoms with Gasteiger partial charge in [-0.25, -0.2) is 8.42 Å². The minimum Gasteiger partial charge on any atom is -0.327 e. The second-order valence-electron chi connectivity index (χ2n) is 9.24. The molecule has 164 valence electrons. The first kappa shape index (κ1) is 23.0. The summed E-state index contributed by atoms with van der Waals surface area (Å²) in [5.41, 5.74) is 7.86. The monoisotopic (exact) mass is 428 g/mol. The SMILES string of the molecule is CC(C)(CCCN1CCCC(C(N)Cc2ccccc2)C1)S(=O)(=O)c1ccccc1. The van der Waals surface area contributed by atoms with E-state index in [-0.39, 0.29) is 6.04 Å². The molecule has 2 aromatic rings. The molecule has 30 heavy (non-hydrogen) atoms. The molecular weight excluding hydrogens is 392 g/mol. The molecule has 3 rings (SSSR count). The number of sulfone groups is 1. The molecule has 0 amide bonds. The maximum Gasteiger partial charge on any atom is 0.183 e. The van der Waals surface area contributed by atoms with Crippen molar-refractivity contribution in [2.75, 3.05) is 19.6 Å². The third-order valence-corrected chi connectivity index (χ3v) is 9.05. The molecule has 1 heterocycles. The van der Waals surface area contributed by atoms with E-state index >= 15 is 0 Å². The zero-order valence-corrected chi connectivity index (χ0v) is 19.2. The maximum absolute atomic E-state index is 13.0. The molecule has 0 aliphatic carbocycles. The van der Waals surface area contributed by atoms with E-state index in [0.717, 1.165) is 32.5 Å². The molecule has 1 aliphatic heterocycles. The van der Waals surface area contributed by atoms with Crippen molar-refractivity contribution in [2.45, 2.75) is 61.6 Å². The molecule has 0 spiro atoms. The normalized spacial score (nSPS) is 19.5. The lowest BCUT2D eigenvalue weighted by molar-refractivity contribution is 0.153. The van der Waals surface area contributed by atoms with Gasteiger partial charge in [-0.05, 0) is 82.7 Å². The predicted octanol–water partition coefficient (Wildman–Crippen LogP) is 4.30. The molecule has 2 N–H and O–H groups in total. The summed E-state index contributed by atoms with van der Waals surface area (Å²) in [7, 11) is -3.34. The summed E-state index contributed by atoms with van der Waals surface area (Å²) < 4.78 is 25.3. The van der Waals surface area contributed by atoms with E-state index in [1.165, 1.54) is 18.4 Å². The van der Waals surface area contributed by atoms with Gasteiger partial charge in [0.25, 0.3) is 0 Å². The Morgan fingerprint density at radius 1 is 1.07 bits per heavy atom. The summed E-state index contributed by atoms with van der Waals surface area (Å²) in [6.45, 7) is 6.73. The molecule has 0 radical (unpaired) electrons. The molecule has 5 heteroatoms. The van der Waals surface area contributed by atoms with Crippen LogP contribution in [0, 0.1) is 5.92 Å². The fourth-order valence-electron chi connectivity index (χ4n) is 4.48. The average Bonchev–Trinajstić information content (AvgIpc) is 2.75. The Kier molecular flexibility index (Phi) is 7.72. The highest BCUT2D eigenvalue weighted by molar-refractivity contribution is 7.92. The van der Waals surface area contributed by atoms with Gasteiger partial charge in [0.05, 0.1) is 9.64 Å². The van der Waals surface area contributed by atoms with Crippen molar-refractivity contribution in [1.82, 2.24) is 4.90 Å². The number of nitrogens with two attached hydrogens (primary N) is 1. The molecule has 2 aromatic carbocycles. The number of nitrogens with zero attached hydrogens (tertiary/aromatic N) is 1. The molecule has 2 unspecified atom stereocenters. The largest absolute Gasteiger partial charge is 0.327 e. The van der Waals surface area contributed by atoms with Gasteiger partial charge in [-0.15, -0.1) is 0 Å². The van der Waals surface area contributed by atoms with Crippen molar-refractivity contribution in [3.8, 4) is 0 Å². The van der Waals surface area contributed by atoms with Crippen LogP contribution in [0.1, 0.15) is 45.1 Å². The van der Waals surface area contributed by atoms with Gasteiger partial charge in [0, 0.05) is 12.6 Å². The van der Waals surface area contributed by atoms with E-state index in [1.54, 1.807) is 24.3 Å². The summed E-state index contributed by atoms with van der Waals surface area (Å²) in [6, 6.07) is 19.5. The zero-order valence-electron chi connectivity index (χ0n) is 18.3. The van der Waals surface area contributed by atoms with E-state index in [1.807, 2.05) is 26.0 Å². The van der Waals surface area contributed by atoms with E-state index in [0.29, 0.717) is 17.2 Å². The van der Waals surface area contributed by atoms with Gasteiger partial charge < -0.3 is 10.6 Å². The van der Waals surface area contributed by atoms with Crippen molar-refractivity contribution in [1.29, 1.82) is 0 Å². The number of likely N-dealkylation sites (tertiary alicyclic amines) is 1. The van der Waals surface area contributed by atoms with Gasteiger partial charge in [-0.3, -0.25) is 0 Å². The number of hydrogen-bond donors (Lipinski definition) is 1. The molecule has 1 saturated heterocycles. The van der Waals surface area contributed by atoms with Crippen molar-refractivity contribution < 1.29 is 8.42 Å². The lowest BCUT2D eigenvalue weighted by atomic mass is 9.87. The number of rotatable bonds is 9. The molecule has 0 saturated carbocycles. The maximum atomic E-state index is 13.0. The Hall–Kier alpha value is -1.69. The summed E-state index contributed by atoms with van der Waals surface area (Å²) in [4.78, 5) is 2.89. The van der Waals surface area contributed by atoms with Crippen LogP contribution in [-0.4, -0.2) is 43.7 Å². The zero-order chi connectivity index (χ0) is 21.6. The molecule has 0 bridgehead atoms. The predicted molar refractivity (Wildman–Crippen MR) is 124 cm³/mol. The van der Waals surface area contributed by atoms with Gasteiger partial charge in [-0.1, -0.05) is 48.5 Å². The van der Waals surface area contributed by atoms with Gasteiger partial charge >= 0.3 is 0 Å². The van der Waals surface area contributed by atoms with Crippen molar-refractivity contribution >= 4 is 9.84 Å². The Morgan fingerprint density at radius 3 is 2.37 bits per heavy atom. The molecule has 0 aromatic heterocycles. The lowest BCUT2D eigenvalue weighted by Gasteiger charge is -2.36. The van der Waals surface area contributed by atoms with E-state index in [9.17, 15) is 8.42 Å². The Morgan fingerprint density at radius 2 is 1.70 bits per heavy atom. The fourth-order valence-corrected chi connectivity index (χ4v) is 6.04. The summed E-state index contributed by atoms with van der Waals surface area (Å²) in [5.74, 6) is 0.500. The first-order valence-corrected chi connectivity index (χ1v) is 12.6. The summed E-state index contributed by atoms with van der Waals surface area (Å²) in [5, 5.41) is 0. The highest BCUT2D eigenvalue weighted by Crippen LogP contribution is 2.30. The van der Waals surface area contributed by atoms with Crippen LogP contribution in [0.5, 0.6) is 0 Å². The Balaban J connectivity index is 1.50. The summed E-state index contributed by atoms with van der Waals surface area (Å²) >= 11 is 0. The Labute approximate surface area is 182 Å². The van der Waals surface area contributed by atoms with Crippen molar-refractivity contribution in [3.63, 3.8) is 0 Å². The third kappa shape index (κ3) is 5.71. The van der Waals surface area contributed by atoms with Gasteiger partial charge in [0.1, 0.15) is 0 Å². The van der Waals surface area contributed by atoms with Gasteiger partial charge in [0.2, 0.25) is 0 Å². The van der Waals surface area contributed by atoms with E-state index in [2.05, 4.69) is 29.2 Å². The van der Waals surface area contributed by atoms with Gasteiger partial charge in [-0.2, -0.15) is 0 Å². The molecule has 4 nitrogen and oxygen atoms in total. The first-order valence-electron chi connectivity index (χ1n) is 11.1. The fraction of sp³-hybridized carbons (Fsp3) is 0.520. The standard InChI is InChI=1S/C25H36N2O2S/c1-25(2,30(28,29)23-14-7-4-8-15-23)16-10-18-27-17-9-13-22(20-27)24(26)19-21-11-5-3-6-12-21/h3-8,11-12,14-15,22,24H,9-10,13,16-20,26H2,1-2H3. The second-order valence-corrected chi connectivity index (χ2v) is 11.8. The van der Waals surface area contributed by atoms with Crippen LogP contribution in [-0.2, 0) is 16.3 Å². The molecule has 1 aliphatic rings. The van der Waals surface area contributed by atoms with E-state index < -0.39 is 14.6 Å². The quantitative estimate of drug-likeness (QED) is 0.647. The Bertz CT molecular complexity index is 882. The van der Waals surface area contributed by atoms with Crippen molar-refractivity contribution in [2.24, 2.45) is 11.7 Å². The van der Waals surface area contributed by atoms with Crippen LogP contribution in [0.15, 0.2) is 65.6 Å². The van der Waals surface area contributed by atoms with Gasteiger partial charge in [0.15, 0.2) is 9.84 Å². The van der Waals surface area contributed by atoms with Crippen LogP contribution < -0.4 is 5.73 Å². The highest BCUT2D eigenvalue weighted by atomic mass is 32.2. The lowest BCUT2D eigenvalue weighted by Crippen LogP contribution is -2.45. The topological polar surface area (TPSA) is 63.4 Å². The highest BCUT2D eigenvalue weighted by Gasteiger charge is 2.35. The third-order valence-electron chi connectivity index (χ3n) is 6.50. The van der Waals surface area contributed by atoms with Crippen LogP contribution in [0.3, 0.4) is 0 Å². The number of benzene rings is 2. The minimum absolute atomic E-state index is 0.171. The molecular formula is C25H36N2O2S. The number of hydrogen-bond acceptors (Lipinski definition) is 4. The van der Waals surface area contributed by atoms with E-state index in [4.69, 9.17) is 5.73 Å². The van der Waals surface area contributed by atoms with Crippen LogP contribution >= 0.6 is 0 Å². The van der Waals surface area contributed by atoms with Crippen LogP contribution in [0.25, 0.3) is 0 Å². The molecule has 2 atom stereocenters. The average molecular weight is 429 g/mol. The first-order chi connectivity index (χ1) is 14.3. The second kappa shape index (κ2) is 10.1.